The van der Waals surface area contributed by atoms with Crippen molar-refractivity contribution in [3.05, 3.63) is 18.2 Å². The number of fused-ring (bicyclic) bond motifs is 1. The Bertz CT molecular complexity index is 636. The summed E-state index contributed by atoms with van der Waals surface area (Å²) < 4.78 is 17.3. The van der Waals surface area contributed by atoms with Gasteiger partial charge in [-0.3, -0.25) is 4.79 Å². The van der Waals surface area contributed by atoms with E-state index in [1.165, 1.54) is 0 Å². The first-order chi connectivity index (χ1) is 8.95. The van der Waals surface area contributed by atoms with E-state index in [9.17, 15) is 9.00 Å². The van der Waals surface area contributed by atoms with Crippen molar-refractivity contribution < 1.29 is 13.4 Å². The summed E-state index contributed by atoms with van der Waals surface area (Å²) in [6.45, 7) is 3.67. The molecule has 3 N–H and O–H groups in total. The van der Waals surface area contributed by atoms with E-state index < -0.39 is 10.8 Å². The van der Waals surface area contributed by atoms with Crippen molar-refractivity contribution in [1.82, 2.24) is 10.3 Å². The molecular weight excluding hydrogens is 266 g/mol. The van der Waals surface area contributed by atoms with Gasteiger partial charge in [0.15, 0.2) is 5.58 Å². The molecule has 102 valence electrons. The molecule has 0 aliphatic carbocycles. The number of nitrogens with one attached hydrogen (secondary N) is 1. The van der Waals surface area contributed by atoms with E-state index in [0.717, 1.165) is 0 Å². The fraction of sp³-hybridized carbons (Fsp3) is 0.333. The predicted octanol–water partition coefficient (Wildman–Crippen LogP) is 1.04. The molecule has 1 aromatic heterocycles. The molecule has 19 heavy (non-hydrogen) atoms. The van der Waals surface area contributed by atoms with Crippen LogP contribution in [0.25, 0.3) is 11.1 Å². The first-order valence-electron chi connectivity index (χ1n) is 5.79. The van der Waals surface area contributed by atoms with Gasteiger partial charge in [0.05, 0.1) is 0 Å². The van der Waals surface area contributed by atoms with Crippen LogP contribution in [-0.4, -0.2) is 26.9 Å². The van der Waals surface area contributed by atoms with Gasteiger partial charge in [0.2, 0.25) is 5.91 Å². The van der Waals surface area contributed by atoms with Gasteiger partial charge in [-0.05, 0) is 32.0 Å². The summed E-state index contributed by atoms with van der Waals surface area (Å²) in [7, 11) is -1.60. The topological polar surface area (TPSA) is 98.2 Å². The molecule has 2 rings (SSSR count). The van der Waals surface area contributed by atoms with E-state index in [1.54, 1.807) is 18.2 Å². The van der Waals surface area contributed by atoms with E-state index in [1.807, 2.05) is 13.8 Å². The number of oxazole rings is 1. The number of amides is 1. The van der Waals surface area contributed by atoms with Crippen LogP contribution in [0.4, 0.5) is 5.69 Å². The zero-order valence-electron chi connectivity index (χ0n) is 10.7. The van der Waals surface area contributed by atoms with Crippen molar-refractivity contribution in [2.45, 2.75) is 25.1 Å². The highest BCUT2D eigenvalue weighted by Crippen LogP contribution is 2.20. The Kier molecular flexibility index (Phi) is 3.84. The van der Waals surface area contributed by atoms with Gasteiger partial charge in [-0.2, -0.15) is 0 Å². The van der Waals surface area contributed by atoms with E-state index in [4.69, 9.17) is 10.2 Å². The number of nitrogens with two attached hydrogens (primary N) is 1. The SMILES string of the molecule is CC(C)NC(=O)CS(=O)c1nc2cc(N)ccc2o1. The van der Waals surface area contributed by atoms with Crippen LogP contribution >= 0.6 is 0 Å². The maximum atomic E-state index is 12.0. The summed E-state index contributed by atoms with van der Waals surface area (Å²) in [6, 6.07) is 4.97. The lowest BCUT2D eigenvalue weighted by Crippen LogP contribution is -2.33. The summed E-state index contributed by atoms with van der Waals surface area (Å²) in [5, 5.41) is 2.71. The molecule has 1 unspecified atom stereocenters. The average molecular weight is 281 g/mol. The first-order valence-corrected chi connectivity index (χ1v) is 7.11. The van der Waals surface area contributed by atoms with E-state index >= 15 is 0 Å². The van der Waals surface area contributed by atoms with Crippen LogP contribution in [0.15, 0.2) is 27.8 Å². The lowest BCUT2D eigenvalue weighted by Gasteiger charge is -2.06. The highest BCUT2D eigenvalue weighted by Gasteiger charge is 2.17. The van der Waals surface area contributed by atoms with Crippen molar-refractivity contribution >= 4 is 33.5 Å². The summed E-state index contributed by atoms with van der Waals surface area (Å²) in [5.41, 5.74) is 7.21. The lowest BCUT2D eigenvalue weighted by atomic mass is 10.3. The van der Waals surface area contributed by atoms with Crippen molar-refractivity contribution in [2.75, 3.05) is 11.5 Å². The van der Waals surface area contributed by atoms with Crippen molar-refractivity contribution in [1.29, 1.82) is 0 Å². The quantitative estimate of drug-likeness (QED) is 0.816. The lowest BCUT2D eigenvalue weighted by molar-refractivity contribution is -0.119. The van der Waals surface area contributed by atoms with E-state index in [-0.39, 0.29) is 22.9 Å². The minimum Gasteiger partial charge on any atom is -0.430 e. The molecule has 1 amide bonds. The van der Waals surface area contributed by atoms with Crippen LogP contribution in [0, 0.1) is 0 Å². The molecule has 0 saturated heterocycles. The average Bonchev–Trinajstić information content (AvgIpc) is 2.70. The van der Waals surface area contributed by atoms with Crippen LogP contribution in [0.5, 0.6) is 0 Å². The fourth-order valence-corrected chi connectivity index (χ4v) is 2.39. The highest BCUT2D eigenvalue weighted by molar-refractivity contribution is 7.85. The largest absolute Gasteiger partial charge is 0.430 e. The van der Waals surface area contributed by atoms with E-state index in [0.29, 0.717) is 16.8 Å². The van der Waals surface area contributed by atoms with Crippen LogP contribution < -0.4 is 11.1 Å². The highest BCUT2D eigenvalue weighted by atomic mass is 32.2. The van der Waals surface area contributed by atoms with Crippen LogP contribution in [0.3, 0.4) is 0 Å². The summed E-state index contributed by atoms with van der Waals surface area (Å²) in [4.78, 5) is 15.6. The third-order valence-electron chi connectivity index (χ3n) is 2.30. The van der Waals surface area contributed by atoms with Gasteiger partial charge in [0, 0.05) is 11.7 Å². The molecule has 7 heteroatoms. The van der Waals surface area contributed by atoms with E-state index in [2.05, 4.69) is 10.3 Å². The summed E-state index contributed by atoms with van der Waals surface area (Å²) >= 11 is 0. The third-order valence-corrected chi connectivity index (χ3v) is 3.39. The fourth-order valence-electron chi connectivity index (χ4n) is 1.57. The monoisotopic (exact) mass is 281 g/mol. The van der Waals surface area contributed by atoms with Crippen LogP contribution in [0.1, 0.15) is 13.8 Å². The number of hydrogen-bond acceptors (Lipinski definition) is 5. The number of anilines is 1. The molecule has 0 aliphatic heterocycles. The molecule has 0 bridgehead atoms. The maximum Gasteiger partial charge on any atom is 0.288 e. The number of nitrogens with zero attached hydrogens (tertiary/aromatic N) is 1. The zero-order valence-corrected chi connectivity index (χ0v) is 11.5. The number of aromatic nitrogens is 1. The molecule has 0 aliphatic rings. The van der Waals surface area contributed by atoms with Crippen molar-refractivity contribution in [2.24, 2.45) is 0 Å². The molecule has 0 fully saturated rings. The number of carbonyl (C=O) groups is 1. The Balaban J connectivity index is 2.15. The van der Waals surface area contributed by atoms with Gasteiger partial charge in [-0.25, -0.2) is 9.19 Å². The maximum absolute atomic E-state index is 12.0. The predicted molar refractivity (Wildman–Crippen MR) is 73.0 cm³/mol. The van der Waals surface area contributed by atoms with Crippen LogP contribution in [-0.2, 0) is 15.6 Å². The number of nitrogen functional groups attached to an aromatic ring is 1. The van der Waals surface area contributed by atoms with Crippen molar-refractivity contribution in [3.8, 4) is 0 Å². The second-order valence-corrected chi connectivity index (χ2v) is 5.75. The summed E-state index contributed by atoms with van der Waals surface area (Å²) in [5.74, 6) is -0.462. The molecule has 1 heterocycles. The van der Waals surface area contributed by atoms with Gasteiger partial charge in [-0.1, -0.05) is 0 Å². The molecule has 1 aromatic carbocycles. The Morgan fingerprint density at radius 2 is 2.26 bits per heavy atom. The standard InChI is InChI=1S/C12H15N3O3S/c1-7(2)14-11(16)6-19(17)12-15-9-5-8(13)3-4-10(9)18-12/h3-5,7H,6,13H2,1-2H3,(H,14,16). The molecule has 1 atom stereocenters. The Morgan fingerprint density at radius 1 is 1.53 bits per heavy atom. The van der Waals surface area contributed by atoms with Gasteiger partial charge in [0.1, 0.15) is 22.1 Å². The van der Waals surface area contributed by atoms with Gasteiger partial charge < -0.3 is 15.5 Å². The second-order valence-electron chi connectivity index (χ2n) is 4.42. The van der Waals surface area contributed by atoms with Gasteiger partial charge in [0.25, 0.3) is 5.22 Å². The smallest absolute Gasteiger partial charge is 0.288 e. The van der Waals surface area contributed by atoms with Gasteiger partial charge in [-0.15, -0.1) is 0 Å². The summed E-state index contributed by atoms with van der Waals surface area (Å²) in [6.07, 6.45) is 0. The second kappa shape index (κ2) is 5.40. The molecule has 0 spiro atoms. The zero-order chi connectivity index (χ0) is 14.0. The number of rotatable bonds is 4. The Labute approximate surface area is 112 Å². The normalized spacial score (nSPS) is 12.8. The minimum absolute atomic E-state index is 0.00734. The van der Waals surface area contributed by atoms with Crippen molar-refractivity contribution in [3.63, 3.8) is 0 Å². The molecule has 0 saturated carbocycles. The number of benzene rings is 1. The molecule has 6 nitrogen and oxygen atoms in total. The third kappa shape index (κ3) is 3.31. The number of hydrogen-bond donors (Lipinski definition) is 2. The Morgan fingerprint density at radius 3 is 2.95 bits per heavy atom. The number of carbonyl (C=O) groups excluding carboxylic acids is 1. The first kappa shape index (κ1) is 13.5. The van der Waals surface area contributed by atoms with Crippen LogP contribution in [0.2, 0.25) is 0 Å². The molecular formula is C12H15N3O3S. The molecule has 0 radical (unpaired) electrons. The molecule has 2 aromatic rings. The van der Waals surface area contributed by atoms with Gasteiger partial charge >= 0.3 is 0 Å². The Hall–Kier alpha value is -1.89. The minimum atomic E-state index is -1.60.